The lowest BCUT2D eigenvalue weighted by Gasteiger charge is -2.33. The molecule has 0 bridgehead atoms. The van der Waals surface area contributed by atoms with Crippen LogP contribution in [0.1, 0.15) is 23.4 Å². The summed E-state index contributed by atoms with van der Waals surface area (Å²) >= 11 is 0. The SMILES string of the molecule is Cl.NC(=O)c1ccc(S(=O)(=O)N2CCN(C(=O)CNCC3CC3)CC2)o1. The van der Waals surface area contributed by atoms with Crippen molar-refractivity contribution in [2.75, 3.05) is 39.3 Å². The Morgan fingerprint density at radius 2 is 1.85 bits per heavy atom. The van der Waals surface area contributed by atoms with E-state index in [-0.39, 0.29) is 48.8 Å². The van der Waals surface area contributed by atoms with Crippen molar-refractivity contribution in [2.45, 2.75) is 17.9 Å². The summed E-state index contributed by atoms with van der Waals surface area (Å²) in [6, 6.07) is 2.45. The molecule has 2 amide bonds. The van der Waals surface area contributed by atoms with Crippen molar-refractivity contribution in [3.8, 4) is 0 Å². The fourth-order valence-electron chi connectivity index (χ4n) is 2.71. The molecule has 0 aromatic carbocycles. The molecule has 26 heavy (non-hydrogen) atoms. The number of nitrogens with one attached hydrogen (secondary N) is 1. The fraction of sp³-hybridized carbons (Fsp3) is 0.600. The van der Waals surface area contributed by atoms with E-state index in [2.05, 4.69) is 5.32 Å². The molecular weight excluding hydrogens is 384 g/mol. The number of nitrogens with two attached hydrogens (primary N) is 1. The van der Waals surface area contributed by atoms with Crippen LogP contribution in [-0.2, 0) is 14.8 Å². The van der Waals surface area contributed by atoms with Crippen LogP contribution in [-0.4, -0.2) is 68.7 Å². The predicted octanol–water partition coefficient (Wildman–Crippen LogP) is -0.367. The summed E-state index contributed by atoms with van der Waals surface area (Å²) in [5.74, 6) is -0.343. The van der Waals surface area contributed by atoms with E-state index < -0.39 is 15.9 Å². The third-order valence-electron chi connectivity index (χ3n) is 4.42. The lowest BCUT2D eigenvalue weighted by molar-refractivity contribution is -0.131. The second-order valence-corrected chi connectivity index (χ2v) is 8.21. The lowest BCUT2D eigenvalue weighted by Crippen LogP contribution is -2.52. The minimum absolute atomic E-state index is 0. The van der Waals surface area contributed by atoms with E-state index in [9.17, 15) is 18.0 Å². The van der Waals surface area contributed by atoms with Crippen LogP contribution in [0.3, 0.4) is 0 Å². The van der Waals surface area contributed by atoms with Crippen LogP contribution >= 0.6 is 12.4 Å². The Labute approximate surface area is 158 Å². The number of halogens is 1. The number of nitrogens with zero attached hydrogens (tertiary/aromatic N) is 2. The van der Waals surface area contributed by atoms with Crippen molar-refractivity contribution in [2.24, 2.45) is 11.7 Å². The molecule has 9 nitrogen and oxygen atoms in total. The number of carbonyl (C=O) groups is 2. The molecule has 0 radical (unpaired) electrons. The van der Waals surface area contributed by atoms with Crippen LogP contribution in [0, 0.1) is 5.92 Å². The summed E-state index contributed by atoms with van der Waals surface area (Å²) in [4.78, 5) is 24.8. The highest BCUT2D eigenvalue weighted by Gasteiger charge is 2.32. The van der Waals surface area contributed by atoms with E-state index in [1.165, 1.54) is 29.3 Å². The van der Waals surface area contributed by atoms with Crippen molar-refractivity contribution in [1.29, 1.82) is 0 Å². The van der Waals surface area contributed by atoms with Gasteiger partial charge in [0.1, 0.15) is 0 Å². The zero-order chi connectivity index (χ0) is 18.0. The zero-order valence-electron chi connectivity index (χ0n) is 14.2. The smallest absolute Gasteiger partial charge is 0.284 e. The summed E-state index contributed by atoms with van der Waals surface area (Å²) in [6.07, 6.45) is 2.45. The molecule has 1 aliphatic carbocycles. The van der Waals surface area contributed by atoms with E-state index in [0.717, 1.165) is 6.54 Å². The summed E-state index contributed by atoms with van der Waals surface area (Å²) < 4.78 is 31.3. The van der Waals surface area contributed by atoms with Gasteiger partial charge >= 0.3 is 0 Å². The molecule has 0 atom stereocenters. The molecule has 2 fully saturated rings. The number of furan rings is 1. The first-order valence-electron chi connectivity index (χ1n) is 8.26. The maximum absolute atomic E-state index is 12.5. The highest BCUT2D eigenvalue weighted by atomic mass is 35.5. The minimum atomic E-state index is -3.84. The maximum Gasteiger partial charge on any atom is 0.284 e. The molecule has 3 N–H and O–H groups in total. The van der Waals surface area contributed by atoms with Crippen LogP contribution < -0.4 is 11.1 Å². The van der Waals surface area contributed by atoms with Gasteiger partial charge in [-0.2, -0.15) is 4.31 Å². The Balaban J connectivity index is 0.00000243. The number of hydrogen-bond acceptors (Lipinski definition) is 6. The van der Waals surface area contributed by atoms with Crippen LogP contribution in [0.25, 0.3) is 0 Å². The average molecular weight is 407 g/mol. The highest BCUT2D eigenvalue weighted by molar-refractivity contribution is 7.89. The largest absolute Gasteiger partial charge is 0.438 e. The van der Waals surface area contributed by atoms with Gasteiger partial charge in [-0.15, -0.1) is 12.4 Å². The van der Waals surface area contributed by atoms with Gasteiger partial charge in [0.2, 0.25) is 11.0 Å². The average Bonchev–Trinajstić information content (AvgIpc) is 3.26. The van der Waals surface area contributed by atoms with Crippen LogP contribution in [0.4, 0.5) is 0 Å². The zero-order valence-corrected chi connectivity index (χ0v) is 15.9. The Bertz CT molecular complexity index is 754. The molecule has 0 spiro atoms. The van der Waals surface area contributed by atoms with Gasteiger partial charge < -0.3 is 20.4 Å². The van der Waals surface area contributed by atoms with Crippen molar-refractivity contribution in [1.82, 2.24) is 14.5 Å². The molecule has 2 heterocycles. The second kappa shape index (κ2) is 8.38. The third-order valence-corrected chi connectivity index (χ3v) is 6.19. The van der Waals surface area contributed by atoms with Crippen molar-refractivity contribution < 1.29 is 22.4 Å². The molecule has 2 aliphatic rings. The summed E-state index contributed by atoms with van der Waals surface area (Å²) in [7, 11) is -3.84. The van der Waals surface area contributed by atoms with Crippen LogP contribution in [0.5, 0.6) is 0 Å². The molecule has 1 aliphatic heterocycles. The number of piperazine rings is 1. The minimum Gasteiger partial charge on any atom is -0.438 e. The van der Waals surface area contributed by atoms with Crippen LogP contribution in [0.2, 0.25) is 0 Å². The van der Waals surface area contributed by atoms with Gasteiger partial charge in [-0.25, -0.2) is 8.42 Å². The van der Waals surface area contributed by atoms with Gasteiger partial charge in [0.25, 0.3) is 15.9 Å². The maximum atomic E-state index is 12.5. The van der Waals surface area contributed by atoms with Crippen LogP contribution in [0.15, 0.2) is 21.6 Å². The lowest BCUT2D eigenvalue weighted by atomic mass is 10.3. The number of rotatable bonds is 7. The van der Waals surface area contributed by atoms with Crippen molar-refractivity contribution in [3.05, 3.63) is 17.9 Å². The van der Waals surface area contributed by atoms with Gasteiger partial charge in [0.05, 0.1) is 6.54 Å². The van der Waals surface area contributed by atoms with Gasteiger partial charge in [0.15, 0.2) is 5.76 Å². The number of amides is 2. The third kappa shape index (κ3) is 4.76. The molecule has 146 valence electrons. The standard InChI is InChI=1S/C15H22N4O5S.ClH/c16-15(21)12-3-4-14(24-12)25(22,23)19-7-5-18(6-8-19)13(20)10-17-9-11-1-2-11;/h3-4,11,17H,1-2,5-10H2,(H2,16,21);1H. The monoisotopic (exact) mass is 406 g/mol. The molecule has 3 rings (SSSR count). The van der Waals surface area contributed by atoms with Crippen molar-refractivity contribution >= 4 is 34.2 Å². The fourth-order valence-corrected chi connectivity index (χ4v) is 4.05. The summed E-state index contributed by atoms with van der Waals surface area (Å²) in [6.45, 7) is 2.16. The molecule has 1 saturated heterocycles. The van der Waals surface area contributed by atoms with E-state index in [1.54, 1.807) is 4.90 Å². The molecule has 1 aromatic heterocycles. The summed E-state index contributed by atoms with van der Waals surface area (Å²) in [5, 5.41) is 2.83. The number of hydrogen-bond donors (Lipinski definition) is 2. The first-order valence-corrected chi connectivity index (χ1v) is 9.70. The topological polar surface area (TPSA) is 126 Å². The quantitative estimate of drug-likeness (QED) is 0.636. The summed E-state index contributed by atoms with van der Waals surface area (Å²) in [5.41, 5.74) is 5.07. The van der Waals surface area contributed by atoms with Gasteiger partial charge in [0, 0.05) is 26.2 Å². The van der Waals surface area contributed by atoms with Crippen molar-refractivity contribution in [3.63, 3.8) is 0 Å². The Morgan fingerprint density at radius 1 is 1.19 bits per heavy atom. The number of primary amides is 1. The Kier molecular flexibility index (Phi) is 6.67. The Morgan fingerprint density at radius 3 is 2.38 bits per heavy atom. The normalized spacial score (nSPS) is 18.4. The second-order valence-electron chi connectivity index (χ2n) is 6.34. The van der Waals surface area contributed by atoms with E-state index in [0.29, 0.717) is 19.0 Å². The van der Waals surface area contributed by atoms with E-state index in [1.807, 2.05) is 0 Å². The highest BCUT2D eigenvalue weighted by Crippen LogP contribution is 2.27. The van der Waals surface area contributed by atoms with E-state index >= 15 is 0 Å². The first-order chi connectivity index (χ1) is 11.9. The Hall–Kier alpha value is -1.62. The number of sulfonamides is 1. The molecular formula is C15H23ClN4O5S. The molecule has 1 aromatic rings. The number of carbonyl (C=O) groups excluding carboxylic acids is 2. The van der Waals surface area contributed by atoms with Gasteiger partial charge in [-0.1, -0.05) is 0 Å². The first kappa shape index (κ1) is 20.7. The van der Waals surface area contributed by atoms with Gasteiger partial charge in [-0.05, 0) is 37.4 Å². The predicted molar refractivity (Wildman–Crippen MR) is 95.4 cm³/mol. The van der Waals surface area contributed by atoms with Gasteiger partial charge in [-0.3, -0.25) is 9.59 Å². The van der Waals surface area contributed by atoms with E-state index in [4.69, 9.17) is 10.2 Å². The molecule has 0 unspecified atom stereocenters. The molecule has 1 saturated carbocycles. The molecule has 11 heteroatoms.